The number of nitrogens with zero attached hydrogens (tertiary/aromatic N) is 1. The van der Waals surface area contributed by atoms with Crippen LogP contribution in [0.2, 0.25) is 0 Å². The van der Waals surface area contributed by atoms with Crippen LogP contribution in [0.1, 0.15) is 55.6 Å². The molecule has 0 amide bonds. The molecule has 472 valence electrons. The summed E-state index contributed by atoms with van der Waals surface area (Å²) in [6.45, 7) is 7.61. The van der Waals surface area contributed by atoms with Gasteiger partial charge in [-0.1, -0.05) is 201 Å². The average Bonchev–Trinajstić information content (AvgIpc) is 1.55. The molecule has 0 saturated heterocycles. The van der Waals surface area contributed by atoms with E-state index < -0.39 is 80.1 Å². The molecule has 0 spiro atoms. The highest BCUT2D eigenvalue weighted by molar-refractivity contribution is 5.93. The smallest absolute Gasteiger partial charge is 0.200 e. The van der Waals surface area contributed by atoms with Crippen LogP contribution in [0.3, 0.4) is 0 Å². The van der Waals surface area contributed by atoms with Gasteiger partial charge in [0.05, 0.1) is 10.8 Å². The van der Waals surface area contributed by atoms with Gasteiger partial charge in [0.1, 0.15) is 23.0 Å². The van der Waals surface area contributed by atoms with Crippen molar-refractivity contribution in [3.05, 3.63) is 388 Å². The maximum atomic E-state index is 17.5. The lowest BCUT2D eigenvalue weighted by Crippen LogP contribution is -2.33. The minimum Gasteiger partial charge on any atom is -0.457 e. The molecule has 2 aliphatic carbocycles. The summed E-state index contributed by atoms with van der Waals surface area (Å²) in [4.78, 5) is 1.73. The number of hydrogen-bond donors (Lipinski definition) is 0. The van der Waals surface area contributed by atoms with Gasteiger partial charge >= 0.3 is 0 Å². The van der Waals surface area contributed by atoms with Gasteiger partial charge in [0.15, 0.2) is 46.5 Å². The Morgan fingerprint density at radius 2 is 0.567 bits per heavy atom. The van der Waals surface area contributed by atoms with Crippen molar-refractivity contribution in [2.24, 2.45) is 0 Å². The Morgan fingerprint density at radius 1 is 0.268 bits per heavy atom. The number of ether oxygens (including phenoxy) is 2. The zero-order valence-corrected chi connectivity index (χ0v) is 50.9. The Balaban J connectivity index is 0.988. The number of anilines is 3. The van der Waals surface area contributed by atoms with Crippen LogP contribution in [0, 0.1) is 58.2 Å². The van der Waals surface area contributed by atoms with E-state index in [1.807, 2.05) is 78.9 Å². The molecular formula is C84H49F10NO2. The summed E-state index contributed by atoms with van der Waals surface area (Å²) in [6, 6.07) is 74.1. The number of benzene rings is 13. The second kappa shape index (κ2) is 24.1. The first-order valence-electron chi connectivity index (χ1n) is 30.7. The second-order valence-corrected chi connectivity index (χ2v) is 23.5. The van der Waals surface area contributed by atoms with E-state index in [1.54, 1.807) is 151 Å². The number of rotatable bonds is 15. The lowest BCUT2D eigenvalue weighted by molar-refractivity contribution is 0.363. The molecule has 3 nitrogen and oxygen atoms in total. The monoisotopic (exact) mass is 1290 g/mol. The predicted octanol–water partition coefficient (Wildman–Crippen LogP) is 23.5. The molecule has 97 heavy (non-hydrogen) atoms. The molecule has 13 aromatic rings. The maximum Gasteiger partial charge on any atom is 0.200 e. The van der Waals surface area contributed by atoms with E-state index in [2.05, 4.69) is 13.2 Å². The molecule has 0 aliphatic heterocycles. The lowest BCUT2D eigenvalue weighted by atomic mass is 9.67. The molecule has 0 aromatic heterocycles. The second-order valence-electron chi connectivity index (χ2n) is 23.5. The summed E-state index contributed by atoms with van der Waals surface area (Å²) >= 11 is 0. The van der Waals surface area contributed by atoms with Crippen molar-refractivity contribution in [3.8, 4) is 67.5 Å². The van der Waals surface area contributed by atoms with Gasteiger partial charge in [-0.05, 0) is 174 Å². The summed E-state index contributed by atoms with van der Waals surface area (Å²) < 4.78 is 178. The van der Waals surface area contributed by atoms with Crippen LogP contribution in [-0.4, -0.2) is 0 Å². The van der Waals surface area contributed by atoms with E-state index in [1.165, 1.54) is 48.5 Å². The van der Waals surface area contributed by atoms with Gasteiger partial charge in [-0.15, -0.1) is 0 Å². The molecule has 15 rings (SSSR count). The largest absolute Gasteiger partial charge is 0.457 e. The standard InChI is InChI=1S/C84H49F10NO2/c1-3-48-22-36-57(37-23-48)96-59-40-28-52(29-41-59)83(71-73(85)77(89)81(93)78(90)74(71)86)67-20-12-10-18-63(67)65-44-34-55(46-69(65)83)95(54-32-26-51(27-33-54)62-17-9-8-16-61(62)50-14-6-5-7-15-50)56-35-45-66-64-19-11-13-21-68(64)84(70(66)47-56,72-75(87)79(91)82(94)80(92)76(72)88)53-30-42-60(43-31-53)97-58-38-24-49(4-2)25-39-58/h3-47H,1-2H2. The summed E-state index contributed by atoms with van der Waals surface area (Å²) in [5.74, 6) is -20.4. The van der Waals surface area contributed by atoms with E-state index in [-0.39, 0.29) is 56.3 Å². The van der Waals surface area contributed by atoms with Crippen molar-refractivity contribution in [3.63, 3.8) is 0 Å². The molecule has 13 heteroatoms. The molecule has 0 fully saturated rings. The van der Waals surface area contributed by atoms with Crippen molar-refractivity contribution in [2.45, 2.75) is 10.8 Å². The summed E-state index contributed by atoms with van der Waals surface area (Å²) in [6.07, 6.45) is 3.32. The zero-order valence-electron chi connectivity index (χ0n) is 50.9. The average molecular weight is 1290 g/mol. The molecule has 2 atom stereocenters. The third kappa shape index (κ3) is 9.74. The Labute approximate surface area is 551 Å². The SMILES string of the molecule is C=Cc1ccc(Oc2ccc(C3(c4c(F)c(F)c(F)c(F)c4F)c4ccccc4-c4ccc(N(c5ccc(-c6ccccc6-c6ccccc6)cc5)c5ccc6c(c5)C(c5ccc(Oc7ccc(C=C)cc7)cc5)(c5c(F)c(F)c(F)c(F)c5F)c5ccccc5-6)cc43)cc2)cc1. The van der Waals surface area contributed by atoms with Crippen LogP contribution in [0.5, 0.6) is 23.0 Å². The fourth-order valence-electron chi connectivity index (χ4n) is 14.1. The van der Waals surface area contributed by atoms with E-state index in [4.69, 9.17) is 9.47 Å². The van der Waals surface area contributed by atoms with E-state index in [9.17, 15) is 0 Å². The van der Waals surface area contributed by atoms with Crippen LogP contribution in [0.15, 0.2) is 274 Å². The van der Waals surface area contributed by atoms with E-state index in [0.717, 1.165) is 33.4 Å². The molecule has 2 aliphatic rings. The molecule has 0 bridgehead atoms. The fraction of sp³-hybridized carbons (Fsp3) is 0.0238. The van der Waals surface area contributed by atoms with Crippen molar-refractivity contribution in [1.82, 2.24) is 0 Å². The molecule has 0 saturated carbocycles. The predicted molar refractivity (Wildman–Crippen MR) is 359 cm³/mol. The Kier molecular flexibility index (Phi) is 15.2. The molecule has 0 heterocycles. The minimum absolute atomic E-state index is 0.0739. The third-order valence-corrected chi connectivity index (χ3v) is 18.5. The molecular weight excluding hydrogens is 1240 g/mol. The number of halogens is 10. The highest BCUT2D eigenvalue weighted by Crippen LogP contribution is 2.62. The van der Waals surface area contributed by atoms with Gasteiger partial charge < -0.3 is 14.4 Å². The highest BCUT2D eigenvalue weighted by Gasteiger charge is 2.53. The zero-order chi connectivity index (χ0) is 67.0. The summed E-state index contributed by atoms with van der Waals surface area (Å²) in [7, 11) is 0. The Hall–Kier alpha value is -12.0. The van der Waals surface area contributed by atoms with Crippen molar-refractivity contribution in [2.75, 3.05) is 4.90 Å². The topological polar surface area (TPSA) is 21.7 Å². The minimum atomic E-state index is -2.36. The maximum absolute atomic E-state index is 17.5. The van der Waals surface area contributed by atoms with Crippen molar-refractivity contribution < 1.29 is 53.4 Å². The first kappa shape index (κ1) is 61.2. The number of hydrogen-bond acceptors (Lipinski definition) is 3. The highest BCUT2D eigenvalue weighted by atomic mass is 19.2. The molecule has 13 aromatic carbocycles. The Bertz CT molecular complexity index is 4990. The third-order valence-electron chi connectivity index (χ3n) is 18.5. The first-order valence-corrected chi connectivity index (χ1v) is 30.7. The van der Waals surface area contributed by atoms with Crippen LogP contribution >= 0.6 is 0 Å². The van der Waals surface area contributed by atoms with Gasteiger partial charge in [-0.2, -0.15) is 0 Å². The van der Waals surface area contributed by atoms with Gasteiger partial charge in [0.2, 0.25) is 11.6 Å². The fourth-order valence-corrected chi connectivity index (χ4v) is 14.1. The lowest BCUT2D eigenvalue weighted by Gasteiger charge is -2.36. The van der Waals surface area contributed by atoms with Crippen molar-refractivity contribution in [1.29, 1.82) is 0 Å². The van der Waals surface area contributed by atoms with Crippen LogP contribution in [-0.2, 0) is 10.8 Å². The van der Waals surface area contributed by atoms with Gasteiger partial charge in [0.25, 0.3) is 0 Å². The quantitative estimate of drug-likeness (QED) is 0.0580. The van der Waals surface area contributed by atoms with Gasteiger partial charge in [-0.25, -0.2) is 43.9 Å². The first-order chi connectivity index (χ1) is 47.1. The van der Waals surface area contributed by atoms with E-state index >= 15 is 43.9 Å². The van der Waals surface area contributed by atoms with Gasteiger partial charge in [-0.3, -0.25) is 0 Å². The molecule has 0 radical (unpaired) electrons. The molecule has 0 N–H and O–H groups in total. The summed E-state index contributed by atoms with van der Waals surface area (Å²) in [5.41, 5.74) is 1.12. The van der Waals surface area contributed by atoms with Crippen molar-refractivity contribution >= 4 is 29.2 Å². The Morgan fingerprint density at radius 3 is 0.938 bits per heavy atom. The van der Waals surface area contributed by atoms with E-state index in [0.29, 0.717) is 39.4 Å². The van der Waals surface area contributed by atoms with Crippen LogP contribution < -0.4 is 14.4 Å². The van der Waals surface area contributed by atoms with Crippen LogP contribution in [0.4, 0.5) is 61.0 Å². The van der Waals surface area contributed by atoms with Crippen LogP contribution in [0.25, 0.3) is 56.7 Å². The normalized spacial score (nSPS) is 14.9. The molecule has 2 unspecified atom stereocenters. The number of fused-ring (bicyclic) bond motifs is 6. The summed E-state index contributed by atoms with van der Waals surface area (Å²) in [5, 5.41) is 0. The van der Waals surface area contributed by atoms with Gasteiger partial charge in [0, 0.05) is 28.2 Å².